The molecule has 1 saturated carbocycles. The zero-order chi connectivity index (χ0) is 14.9. The maximum absolute atomic E-state index is 11.9. The zero-order valence-corrected chi connectivity index (χ0v) is 13.5. The van der Waals surface area contributed by atoms with E-state index in [0.717, 1.165) is 10.6 Å². The molecule has 3 aromatic heterocycles. The van der Waals surface area contributed by atoms with Crippen molar-refractivity contribution in [1.82, 2.24) is 14.7 Å². The van der Waals surface area contributed by atoms with Gasteiger partial charge in [0.2, 0.25) is 0 Å². The fraction of sp³-hybridized carbons (Fsp3) is 0.400. The van der Waals surface area contributed by atoms with Gasteiger partial charge in [-0.05, 0) is 24.3 Å². The van der Waals surface area contributed by atoms with Crippen molar-refractivity contribution in [2.24, 2.45) is 0 Å². The highest BCUT2D eigenvalue weighted by molar-refractivity contribution is 7.13. The molecule has 0 unspecified atom stereocenters. The Balaban J connectivity index is 1.61. The average molecular weight is 333 g/mol. The van der Waals surface area contributed by atoms with Crippen molar-refractivity contribution in [3.63, 3.8) is 0 Å². The lowest BCUT2D eigenvalue weighted by Crippen LogP contribution is -2.16. The van der Waals surface area contributed by atoms with E-state index in [9.17, 15) is 4.79 Å². The Bertz CT molecular complexity index is 810. The van der Waals surface area contributed by atoms with Gasteiger partial charge in [-0.15, -0.1) is 22.7 Å². The van der Waals surface area contributed by atoms with E-state index in [1.807, 2.05) is 22.9 Å². The SMILES string of the molecule is O=c1onc(-c2cccs2)n1Cc1csc(C2CCCC2)n1. The van der Waals surface area contributed by atoms with Crippen LogP contribution in [-0.2, 0) is 6.54 Å². The van der Waals surface area contributed by atoms with Gasteiger partial charge in [0.1, 0.15) is 0 Å². The van der Waals surface area contributed by atoms with Crippen molar-refractivity contribution >= 4 is 22.7 Å². The van der Waals surface area contributed by atoms with Crippen LogP contribution in [0.4, 0.5) is 0 Å². The highest BCUT2D eigenvalue weighted by atomic mass is 32.1. The topological polar surface area (TPSA) is 60.9 Å². The molecule has 0 aliphatic heterocycles. The molecular formula is C15H15N3O2S2. The molecular weight excluding hydrogens is 318 g/mol. The van der Waals surface area contributed by atoms with Crippen LogP contribution in [0.3, 0.4) is 0 Å². The minimum Gasteiger partial charge on any atom is -0.295 e. The first-order chi connectivity index (χ1) is 10.8. The molecule has 3 heterocycles. The van der Waals surface area contributed by atoms with Crippen LogP contribution in [0.5, 0.6) is 0 Å². The Morgan fingerprint density at radius 2 is 2.18 bits per heavy atom. The third-order valence-corrected chi connectivity index (χ3v) is 5.94. The standard InChI is InChI=1S/C15H15N3O2S2/c19-15-18(13(17-20-15)12-6-3-7-21-12)8-11-9-22-14(16-11)10-4-1-2-5-10/h3,6-7,9-10H,1-2,4-5,8H2. The molecule has 1 fully saturated rings. The largest absolute Gasteiger partial charge is 0.442 e. The second-order valence-electron chi connectivity index (χ2n) is 5.49. The van der Waals surface area contributed by atoms with Gasteiger partial charge in [-0.1, -0.05) is 24.1 Å². The number of thiazole rings is 1. The van der Waals surface area contributed by atoms with Gasteiger partial charge in [-0.2, -0.15) is 0 Å². The number of hydrogen-bond donors (Lipinski definition) is 0. The first-order valence-corrected chi connectivity index (χ1v) is 9.12. The number of rotatable bonds is 4. The molecule has 0 N–H and O–H groups in total. The van der Waals surface area contributed by atoms with E-state index in [1.165, 1.54) is 42.0 Å². The monoisotopic (exact) mass is 333 g/mol. The average Bonchev–Trinajstić information content (AvgIpc) is 3.27. The van der Waals surface area contributed by atoms with E-state index >= 15 is 0 Å². The second kappa shape index (κ2) is 5.81. The third-order valence-electron chi connectivity index (χ3n) is 4.02. The van der Waals surface area contributed by atoms with Crippen LogP contribution >= 0.6 is 22.7 Å². The van der Waals surface area contributed by atoms with E-state index in [0.29, 0.717) is 18.3 Å². The predicted molar refractivity (Wildman–Crippen MR) is 86.5 cm³/mol. The second-order valence-corrected chi connectivity index (χ2v) is 7.33. The molecule has 5 nitrogen and oxygen atoms in total. The molecule has 0 aromatic carbocycles. The summed E-state index contributed by atoms with van der Waals surface area (Å²) in [5.41, 5.74) is 0.912. The molecule has 22 heavy (non-hydrogen) atoms. The summed E-state index contributed by atoms with van der Waals surface area (Å²) in [6, 6.07) is 3.87. The molecule has 1 aliphatic carbocycles. The molecule has 0 bridgehead atoms. The molecule has 4 rings (SSSR count). The lowest BCUT2D eigenvalue weighted by molar-refractivity contribution is 0.378. The van der Waals surface area contributed by atoms with Crippen LogP contribution in [-0.4, -0.2) is 14.7 Å². The molecule has 0 amide bonds. The van der Waals surface area contributed by atoms with E-state index in [-0.39, 0.29) is 0 Å². The molecule has 3 aromatic rings. The number of aromatic nitrogens is 3. The summed E-state index contributed by atoms with van der Waals surface area (Å²) in [6.07, 6.45) is 5.07. The van der Waals surface area contributed by atoms with Gasteiger partial charge in [-0.3, -0.25) is 4.52 Å². The van der Waals surface area contributed by atoms with Gasteiger partial charge in [0.05, 0.1) is 22.1 Å². The van der Waals surface area contributed by atoms with Crippen LogP contribution in [0.25, 0.3) is 10.7 Å². The Morgan fingerprint density at radius 3 is 2.95 bits per heavy atom. The minimum atomic E-state index is -0.432. The summed E-state index contributed by atoms with van der Waals surface area (Å²) in [6.45, 7) is 0.415. The normalized spacial score (nSPS) is 15.6. The van der Waals surface area contributed by atoms with Crippen LogP contribution in [0.2, 0.25) is 0 Å². The summed E-state index contributed by atoms with van der Waals surface area (Å²) in [7, 11) is 0. The minimum absolute atomic E-state index is 0.415. The molecule has 114 valence electrons. The predicted octanol–water partition coefficient (Wildman–Crippen LogP) is 3.73. The van der Waals surface area contributed by atoms with Crippen molar-refractivity contribution in [2.45, 2.75) is 38.1 Å². The van der Waals surface area contributed by atoms with Crippen molar-refractivity contribution in [1.29, 1.82) is 0 Å². The van der Waals surface area contributed by atoms with Crippen molar-refractivity contribution in [3.8, 4) is 10.7 Å². The van der Waals surface area contributed by atoms with Gasteiger partial charge in [0, 0.05) is 11.3 Å². The van der Waals surface area contributed by atoms with Crippen LogP contribution < -0.4 is 5.76 Å². The Morgan fingerprint density at radius 1 is 1.32 bits per heavy atom. The lowest BCUT2D eigenvalue weighted by atomic mass is 10.1. The fourth-order valence-corrected chi connectivity index (χ4v) is 4.60. The summed E-state index contributed by atoms with van der Waals surface area (Å²) in [4.78, 5) is 17.6. The van der Waals surface area contributed by atoms with Gasteiger partial charge in [0.15, 0.2) is 5.82 Å². The molecule has 0 saturated heterocycles. The van der Waals surface area contributed by atoms with Crippen LogP contribution in [0.1, 0.15) is 42.3 Å². The molecule has 0 radical (unpaired) electrons. The third kappa shape index (κ3) is 2.55. The van der Waals surface area contributed by atoms with Crippen molar-refractivity contribution in [2.75, 3.05) is 0 Å². The maximum Gasteiger partial charge on any atom is 0.442 e. The zero-order valence-electron chi connectivity index (χ0n) is 11.9. The van der Waals surface area contributed by atoms with E-state index in [1.54, 1.807) is 15.9 Å². The molecule has 0 atom stereocenters. The summed E-state index contributed by atoms with van der Waals surface area (Å²) < 4.78 is 6.39. The highest BCUT2D eigenvalue weighted by Gasteiger charge is 2.21. The molecule has 0 spiro atoms. The van der Waals surface area contributed by atoms with Crippen molar-refractivity contribution < 1.29 is 4.52 Å². The Labute approximate surface area is 135 Å². The van der Waals surface area contributed by atoms with E-state index in [4.69, 9.17) is 9.51 Å². The lowest BCUT2D eigenvalue weighted by Gasteiger charge is -2.03. The van der Waals surface area contributed by atoms with Crippen LogP contribution in [0.15, 0.2) is 32.2 Å². The summed E-state index contributed by atoms with van der Waals surface area (Å²) >= 11 is 3.24. The fourth-order valence-electron chi connectivity index (χ4n) is 2.91. The first-order valence-electron chi connectivity index (χ1n) is 7.36. The maximum atomic E-state index is 11.9. The number of nitrogens with zero attached hydrogens (tertiary/aromatic N) is 3. The van der Waals surface area contributed by atoms with Crippen molar-refractivity contribution in [3.05, 3.63) is 44.1 Å². The Kier molecular flexibility index (Phi) is 3.67. The summed E-state index contributed by atoms with van der Waals surface area (Å²) in [5, 5.41) is 9.11. The molecule has 7 heteroatoms. The van der Waals surface area contributed by atoms with E-state index in [2.05, 4.69) is 5.16 Å². The Hall–Kier alpha value is -1.73. The van der Waals surface area contributed by atoms with Gasteiger partial charge >= 0.3 is 5.76 Å². The summed E-state index contributed by atoms with van der Waals surface area (Å²) in [5.74, 6) is 0.754. The van der Waals surface area contributed by atoms with E-state index < -0.39 is 5.76 Å². The van der Waals surface area contributed by atoms with Gasteiger partial charge in [0.25, 0.3) is 0 Å². The van der Waals surface area contributed by atoms with Crippen LogP contribution in [0, 0.1) is 0 Å². The first kappa shape index (κ1) is 13.9. The number of hydrogen-bond acceptors (Lipinski definition) is 6. The smallest absolute Gasteiger partial charge is 0.295 e. The van der Waals surface area contributed by atoms with Gasteiger partial charge < -0.3 is 0 Å². The van der Waals surface area contributed by atoms with Gasteiger partial charge in [-0.25, -0.2) is 14.3 Å². The molecule has 1 aliphatic rings. The highest BCUT2D eigenvalue weighted by Crippen LogP contribution is 2.35. The quantitative estimate of drug-likeness (QED) is 0.730. The number of thiophene rings is 1.